The zero-order valence-corrected chi connectivity index (χ0v) is 24.9. The van der Waals surface area contributed by atoms with Crippen LogP contribution in [-0.2, 0) is 19.9 Å². The number of aryl methyl sites for hydroxylation is 1. The van der Waals surface area contributed by atoms with Crippen LogP contribution in [0.2, 0.25) is 0 Å². The fourth-order valence-corrected chi connectivity index (χ4v) is 7.53. The Morgan fingerprint density at radius 1 is 1.14 bits per heavy atom. The Morgan fingerprint density at radius 2 is 1.89 bits per heavy atom. The number of amides is 2. The van der Waals surface area contributed by atoms with Crippen LogP contribution in [0.3, 0.4) is 0 Å². The molecule has 1 saturated heterocycles. The van der Waals surface area contributed by atoms with Gasteiger partial charge >= 0.3 is 0 Å². The number of carbonyl (C=O) groups excluding carboxylic acids is 3. The molecule has 3 unspecified atom stereocenters. The van der Waals surface area contributed by atoms with E-state index >= 15 is 0 Å². The molecule has 0 spiro atoms. The predicted octanol–water partition coefficient (Wildman–Crippen LogP) is 4.46. The van der Waals surface area contributed by atoms with Gasteiger partial charge in [-0.05, 0) is 66.8 Å². The van der Waals surface area contributed by atoms with Crippen molar-refractivity contribution in [1.82, 2.24) is 4.90 Å². The van der Waals surface area contributed by atoms with Gasteiger partial charge in [-0.1, -0.05) is 30.3 Å². The Hall–Kier alpha value is -4.76. The number of rotatable bonds is 6. The maximum absolute atomic E-state index is 14.2. The topological polar surface area (TPSA) is 178 Å². The number of thiophene rings is 1. The predicted molar refractivity (Wildman–Crippen MR) is 169 cm³/mol. The number of benzene rings is 3. The maximum Gasteiger partial charge on any atom is 0.236 e. The number of ether oxygens (including phenoxy) is 1. The highest BCUT2D eigenvalue weighted by molar-refractivity contribution is 7.24. The van der Waals surface area contributed by atoms with E-state index in [9.17, 15) is 14.4 Å². The lowest BCUT2D eigenvalue weighted by Gasteiger charge is -2.37. The number of anilines is 2. The summed E-state index contributed by atoms with van der Waals surface area (Å²) < 4.78 is 6.67. The van der Waals surface area contributed by atoms with E-state index in [2.05, 4.69) is 5.32 Å². The van der Waals surface area contributed by atoms with E-state index in [0.717, 1.165) is 5.56 Å². The molecule has 0 bridgehead atoms. The van der Waals surface area contributed by atoms with Gasteiger partial charge in [-0.25, -0.2) is 0 Å². The third-order valence-electron chi connectivity index (χ3n) is 8.53. The van der Waals surface area contributed by atoms with Crippen LogP contribution >= 0.6 is 11.3 Å². The van der Waals surface area contributed by atoms with Crippen LogP contribution in [0.1, 0.15) is 47.6 Å². The second-order valence-electron chi connectivity index (χ2n) is 11.3. The minimum atomic E-state index is -1.57. The summed E-state index contributed by atoms with van der Waals surface area (Å²) in [6, 6.07) is 19.0. The number of nitrogens with two attached hydrogens (primary N) is 3. The van der Waals surface area contributed by atoms with Gasteiger partial charge in [0, 0.05) is 29.7 Å². The van der Waals surface area contributed by atoms with Crippen molar-refractivity contribution in [2.75, 3.05) is 24.1 Å². The molecule has 2 amide bonds. The quantitative estimate of drug-likeness (QED) is 0.232. The Labute approximate surface area is 258 Å². The Morgan fingerprint density at radius 3 is 2.61 bits per heavy atom. The molecule has 2 aliphatic rings. The number of nitrogens with zero attached hydrogens (tertiary/aromatic N) is 2. The fourth-order valence-electron chi connectivity index (χ4n) is 6.33. The summed E-state index contributed by atoms with van der Waals surface area (Å²) >= 11 is 1.26. The number of nitriles is 1. The first-order valence-corrected chi connectivity index (χ1v) is 15.2. The summed E-state index contributed by atoms with van der Waals surface area (Å²) in [7, 11) is 0. The number of hydrogen-bond donors (Lipinski definition) is 4. The first-order chi connectivity index (χ1) is 21.1. The highest BCUT2D eigenvalue weighted by atomic mass is 32.1. The molecule has 1 aliphatic heterocycles. The molecule has 11 heteroatoms. The van der Waals surface area contributed by atoms with E-state index in [1.807, 2.05) is 49.4 Å². The van der Waals surface area contributed by atoms with E-state index in [1.54, 1.807) is 29.2 Å². The van der Waals surface area contributed by atoms with Crippen molar-refractivity contribution in [3.05, 3.63) is 82.9 Å². The standard InChI is InChI=1S/C33H32N6O4S/c1-18-16-21(43-20-7-3-2-4-8-20)9-10-22(18)33(37)23-11-12-24(35)29-26(23)27(28(36)30(33)41)32(44-29)38-31(42)19-6-5-15-39(17-19)25(40)13-14-34/h2-4,7-12,16,19,28H,5-6,13,15,17,35-37H2,1H3,(H,38,42). The molecule has 6 rings (SSSR count). The van der Waals surface area contributed by atoms with Crippen molar-refractivity contribution in [2.24, 2.45) is 17.4 Å². The van der Waals surface area contributed by atoms with Crippen LogP contribution in [0.5, 0.6) is 11.5 Å². The zero-order chi connectivity index (χ0) is 31.2. The van der Waals surface area contributed by atoms with E-state index in [0.29, 0.717) is 68.4 Å². The molecular weight excluding hydrogens is 576 g/mol. The van der Waals surface area contributed by atoms with Crippen LogP contribution in [-0.4, -0.2) is 35.6 Å². The first-order valence-electron chi connectivity index (χ1n) is 14.4. The van der Waals surface area contributed by atoms with Gasteiger partial charge in [-0.2, -0.15) is 5.26 Å². The van der Waals surface area contributed by atoms with Gasteiger partial charge in [0.1, 0.15) is 28.5 Å². The van der Waals surface area contributed by atoms with Crippen molar-refractivity contribution in [3.63, 3.8) is 0 Å². The van der Waals surface area contributed by atoms with Crippen LogP contribution in [0.15, 0.2) is 60.7 Å². The second kappa shape index (κ2) is 11.4. The third kappa shape index (κ3) is 4.87. The molecule has 3 aromatic carbocycles. The van der Waals surface area contributed by atoms with Crippen LogP contribution in [0, 0.1) is 24.2 Å². The van der Waals surface area contributed by atoms with Crippen LogP contribution < -0.4 is 27.3 Å². The zero-order valence-electron chi connectivity index (χ0n) is 24.1. The van der Waals surface area contributed by atoms with Crippen LogP contribution in [0.25, 0.3) is 10.1 Å². The fraction of sp³-hybridized carbons (Fsp3) is 0.273. The van der Waals surface area contributed by atoms with Gasteiger partial charge in [0.05, 0.1) is 22.7 Å². The van der Waals surface area contributed by atoms with Crippen molar-refractivity contribution in [2.45, 2.75) is 37.8 Å². The van der Waals surface area contributed by atoms with E-state index in [4.69, 9.17) is 27.2 Å². The van der Waals surface area contributed by atoms with Crippen molar-refractivity contribution in [1.29, 1.82) is 5.26 Å². The molecule has 1 aliphatic carbocycles. The molecule has 2 heterocycles. The highest BCUT2D eigenvalue weighted by Gasteiger charge is 2.49. The highest BCUT2D eigenvalue weighted by Crippen LogP contribution is 2.52. The van der Waals surface area contributed by atoms with Gasteiger partial charge in [0.15, 0.2) is 5.78 Å². The Balaban J connectivity index is 1.36. The number of Topliss-reactive ketones (excluding diaryl/α,β-unsaturated/α-hetero) is 1. The van der Waals surface area contributed by atoms with Gasteiger partial charge in [-0.3, -0.25) is 14.4 Å². The molecule has 10 nitrogen and oxygen atoms in total. The van der Waals surface area contributed by atoms with E-state index < -0.39 is 23.3 Å². The molecule has 7 N–H and O–H groups in total. The number of piperidine rings is 1. The summed E-state index contributed by atoms with van der Waals surface area (Å²) in [6.45, 7) is 2.61. The lowest BCUT2D eigenvalue weighted by atomic mass is 9.70. The minimum absolute atomic E-state index is 0.222. The summed E-state index contributed by atoms with van der Waals surface area (Å²) in [5.74, 6) is -0.157. The SMILES string of the molecule is Cc1cc(Oc2ccccc2)ccc1C1(N)C(=O)C(N)c2c(NC(=O)C3CCCN(C(=O)CC#N)C3)sc3c(N)ccc1c23. The molecule has 1 aromatic heterocycles. The average Bonchev–Trinajstić information content (AvgIpc) is 3.40. The lowest BCUT2D eigenvalue weighted by Crippen LogP contribution is -2.52. The average molecular weight is 609 g/mol. The summed E-state index contributed by atoms with van der Waals surface area (Å²) in [4.78, 5) is 41.5. The first kappa shape index (κ1) is 29.3. The maximum atomic E-state index is 14.2. The largest absolute Gasteiger partial charge is 0.457 e. The number of nitrogens with one attached hydrogen (secondary N) is 1. The number of likely N-dealkylation sites (tertiary alicyclic amines) is 1. The molecule has 224 valence electrons. The van der Waals surface area contributed by atoms with E-state index in [-0.39, 0.29) is 24.8 Å². The summed E-state index contributed by atoms with van der Waals surface area (Å²) in [5.41, 5.74) is 21.5. The Kier molecular flexibility index (Phi) is 7.59. The Bertz CT molecular complexity index is 1850. The number of nitrogen functional groups attached to an aromatic ring is 1. The van der Waals surface area contributed by atoms with Gasteiger partial charge in [0.25, 0.3) is 0 Å². The molecule has 0 radical (unpaired) electrons. The van der Waals surface area contributed by atoms with Crippen LogP contribution in [0.4, 0.5) is 10.7 Å². The number of carbonyl (C=O) groups is 3. The van der Waals surface area contributed by atoms with Gasteiger partial charge in [0.2, 0.25) is 11.8 Å². The number of hydrogen-bond acceptors (Lipinski definition) is 9. The lowest BCUT2D eigenvalue weighted by molar-refractivity contribution is -0.133. The normalized spacial score (nSPS) is 21.1. The number of ketones is 1. The third-order valence-corrected chi connectivity index (χ3v) is 9.70. The van der Waals surface area contributed by atoms with E-state index in [1.165, 1.54) is 11.3 Å². The smallest absolute Gasteiger partial charge is 0.236 e. The second-order valence-corrected chi connectivity index (χ2v) is 12.3. The molecule has 3 atom stereocenters. The molecule has 0 saturated carbocycles. The van der Waals surface area contributed by atoms with Crippen molar-refractivity contribution in [3.8, 4) is 17.6 Å². The molecule has 1 fully saturated rings. The van der Waals surface area contributed by atoms with Gasteiger partial charge in [-0.15, -0.1) is 11.3 Å². The molecule has 44 heavy (non-hydrogen) atoms. The van der Waals surface area contributed by atoms with Gasteiger partial charge < -0.3 is 32.2 Å². The monoisotopic (exact) mass is 608 g/mol. The number of para-hydroxylation sites is 1. The van der Waals surface area contributed by atoms with Crippen molar-refractivity contribution >= 4 is 49.7 Å². The summed E-state index contributed by atoms with van der Waals surface area (Å²) in [6.07, 6.45) is 1.01. The molecular formula is C33H32N6O4S. The summed E-state index contributed by atoms with van der Waals surface area (Å²) in [5, 5.41) is 13.0. The minimum Gasteiger partial charge on any atom is -0.457 e. The molecule has 4 aromatic rings. The van der Waals surface area contributed by atoms with Crippen molar-refractivity contribution < 1.29 is 19.1 Å².